The molecule has 3 rings (SSSR count). The number of hydrogen-bond acceptors (Lipinski definition) is 5. The van der Waals surface area contributed by atoms with Crippen molar-refractivity contribution in [2.75, 3.05) is 27.4 Å². The van der Waals surface area contributed by atoms with Gasteiger partial charge in [-0.15, -0.1) is 0 Å². The number of nitrogens with zero attached hydrogens (tertiary/aromatic N) is 1. The van der Waals surface area contributed by atoms with Crippen LogP contribution in [0.2, 0.25) is 0 Å². The molecule has 1 N–H and O–H groups in total. The highest BCUT2D eigenvalue weighted by Gasteiger charge is 2.43. The van der Waals surface area contributed by atoms with Crippen molar-refractivity contribution in [3.8, 4) is 17.2 Å². The summed E-state index contributed by atoms with van der Waals surface area (Å²) in [6.45, 7) is 4.46. The third kappa shape index (κ3) is 3.72. The van der Waals surface area contributed by atoms with Gasteiger partial charge in [0.2, 0.25) is 0 Å². The van der Waals surface area contributed by atoms with Crippen molar-refractivity contribution >= 4 is 11.9 Å². The first-order valence-electron chi connectivity index (χ1n) is 9.50. The molecule has 154 valence electrons. The fourth-order valence-electron chi connectivity index (χ4n) is 3.77. The number of benzene rings is 2. The summed E-state index contributed by atoms with van der Waals surface area (Å²) in [6.07, 6.45) is 0. The first-order chi connectivity index (χ1) is 13.9. The third-order valence-corrected chi connectivity index (χ3v) is 5.04. The molecule has 0 saturated heterocycles. The van der Waals surface area contributed by atoms with Gasteiger partial charge < -0.3 is 24.2 Å². The van der Waals surface area contributed by atoms with Crippen molar-refractivity contribution < 1.29 is 28.9 Å². The Balaban J connectivity index is 2.20. The highest BCUT2D eigenvalue weighted by Crippen LogP contribution is 2.46. The number of amides is 1. The van der Waals surface area contributed by atoms with Crippen LogP contribution in [0.4, 0.5) is 0 Å². The van der Waals surface area contributed by atoms with Gasteiger partial charge in [-0.25, -0.2) is 0 Å². The molecule has 0 radical (unpaired) electrons. The highest BCUT2D eigenvalue weighted by molar-refractivity contribution is 6.01. The Morgan fingerprint density at radius 2 is 1.76 bits per heavy atom. The zero-order chi connectivity index (χ0) is 21.1. The lowest BCUT2D eigenvalue weighted by molar-refractivity contribution is -0.140. The second-order valence-electron chi connectivity index (χ2n) is 6.71. The number of methoxy groups -OCH3 is 1. The average Bonchev–Trinajstić information content (AvgIpc) is 2.71. The normalized spacial score (nSPS) is 18.2. The summed E-state index contributed by atoms with van der Waals surface area (Å²) >= 11 is 0. The summed E-state index contributed by atoms with van der Waals surface area (Å²) in [5, 5.41) is 10.1. The van der Waals surface area contributed by atoms with Crippen molar-refractivity contribution in [1.29, 1.82) is 0 Å². The average molecular weight is 399 g/mol. The fourth-order valence-corrected chi connectivity index (χ4v) is 3.77. The van der Waals surface area contributed by atoms with Crippen LogP contribution in [-0.2, 0) is 4.79 Å². The molecule has 2 aromatic carbocycles. The molecule has 1 amide bonds. The number of carboxylic acids is 1. The van der Waals surface area contributed by atoms with Crippen LogP contribution in [0.5, 0.6) is 17.2 Å². The molecule has 2 unspecified atom stereocenters. The van der Waals surface area contributed by atoms with E-state index in [1.807, 2.05) is 13.8 Å². The smallest absolute Gasteiger partial charge is 0.313 e. The number of ether oxygens (including phenoxy) is 3. The van der Waals surface area contributed by atoms with E-state index in [9.17, 15) is 14.7 Å². The summed E-state index contributed by atoms with van der Waals surface area (Å²) in [4.78, 5) is 27.0. The van der Waals surface area contributed by atoms with Crippen LogP contribution < -0.4 is 14.2 Å². The van der Waals surface area contributed by atoms with Gasteiger partial charge in [-0.3, -0.25) is 9.59 Å². The van der Waals surface area contributed by atoms with E-state index in [1.54, 1.807) is 50.6 Å². The van der Waals surface area contributed by atoms with Crippen molar-refractivity contribution in [1.82, 2.24) is 4.90 Å². The molecule has 0 bridgehead atoms. The van der Waals surface area contributed by atoms with Crippen LogP contribution in [0.3, 0.4) is 0 Å². The predicted molar refractivity (Wildman–Crippen MR) is 107 cm³/mol. The van der Waals surface area contributed by atoms with Crippen LogP contribution >= 0.6 is 0 Å². The van der Waals surface area contributed by atoms with Crippen molar-refractivity contribution in [3.05, 3.63) is 53.1 Å². The quantitative estimate of drug-likeness (QED) is 0.767. The molecule has 1 aliphatic heterocycles. The number of likely N-dealkylation sites (N-methyl/N-ethyl adjacent to an activating group) is 1. The van der Waals surface area contributed by atoms with Crippen molar-refractivity contribution in [2.45, 2.75) is 25.8 Å². The lowest BCUT2D eigenvalue weighted by Crippen LogP contribution is -2.42. The zero-order valence-corrected chi connectivity index (χ0v) is 17.0. The number of aliphatic carboxylic acids is 1. The molecule has 7 heteroatoms. The maximum absolute atomic E-state index is 13.2. The zero-order valence-electron chi connectivity index (χ0n) is 17.0. The molecule has 0 fully saturated rings. The minimum absolute atomic E-state index is 0.269. The number of carboxylic acid groups (broad SMARTS) is 1. The number of rotatable bonds is 7. The number of carbonyl (C=O) groups is 2. The molecule has 0 spiro atoms. The van der Waals surface area contributed by atoms with Crippen LogP contribution in [0, 0.1) is 0 Å². The molecular weight excluding hydrogens is 374 g/mol. The van der Waals surface area contributed by atoms with E-state index in [0.717, 1.165) is 0 Å². The molecule has 0 aliphatic carbocycles. The van der Waals surface area contributed by atoms with Crippen molar-refractivity contribution in [2.24, 2.45) is 0 Å². The Hall–Kier alpha value is -3.22. The van der Waals surface area contributed by atoms with Gasteiger partial charge in [-0.05, 0) is 49.2 Å². The van der Waals surface area contributed by atoms with Gasteiger partial charge in [-0.2, -0.15) is 0 Å². The van der Waals surface area contributed by atoms with Crippen LogP contribution in [0.1, 0.15) is 47.3 Å². The first kappa shape index (κ1) is 20.5. The first-order valence-corrected chi connectivity index (χ1v) is 9.50. The molecule has 1 aliphatic rings. The van der Waals surface area contributed by atoms with Crippen LogP contribution in [0.15, 0.2) is 36.4 Å². The highest BCUT2D eigenvalue weighted by atomic mass is 16.5. The van der Waals surface area contributed by atoms with Gasteiger partial charge in [0.1, 0.15) is 11.7 Å². The summed E-state index contributed by atoms with van der Waals surface area (Å²) < 4.78 is 16.6. The largest absolute Gasteiger partial charge is 0.497 e. The molecule has 2 aromatic rings. The predicted octanol–water partition coefficient (Wildman–Crippen LogP) is 3.49. The lowest BCUT2D eigenvalue weighted by Gasteiger charge is -2.39. The molecule has 2 atom stereocenters. The van der Waals surface area contributed by atoms with E-state index in [1.165, 1.54) is 4.90 Å². The molecular formula is C22H25NO6. The Morgan fingerprint density at radius 1 is 1.10 bits per heavy atom. The van der Waals surface area contributed by atoms with Gasteiger partial charge in [0.05, 0.1) is 26.4 Å². The summed E-state index contributed by atoms with van der Waals surface area (Å²) in [6, 6.07) is 9.64. The van der Waals surface area contributed by atoms with Gasteiger partial charge in [0.15, 0.2) is 11.5 Å². The maximum Gasteiger partial charge on any atom is 0.313 e. The fraction of sp³-hybridized carbons (Fsp3) is 0.364. The van der Waals surface area contributed by atoms with E-state index in [0.29, 0.717) is 47.2 Å². The van der Waals surface area contributed by atoms with E-state index >= 15 is 0 Å². The summed E-state index contributed by atoms with van der Waals surface area (Å²) in [5.74, 6) is -0.797. The molecule has 0 saturated carbocycles. The number of hydrogen-bond donors (Lipinski definition) is 1. The summed E-state index contributed by atoms with van der Waals surface area (Å²) in [5.41, 5.74) is 1.41. The molecule has 0 aromatic heterocycles. The minimum atomic E-state index is -1.02. The van der Waals surface area contributed by atoms with Gasteiger partial charge in [-0.1, -0.05) is 12.1 Å². The Labute approximate surface area is 169 Å². The van der Waals surface area contributed by atoms with Gasteiger partial charge in [0.25, 0.3) is 5.91 Å². The second kappa shape index (κ2) is 8.43. The van der Waals surface area contributed by atoms with Crippen molar-refractivity contribution in [3.63, 3.8) is 0 Å². The van der Waals surface area contributed by atoms with Crippen LogP contribution in [-0.4, -0.2) is 49.3 Å². The Bertz CT molecular complexity index is 926. The number of fused-ring (bicyclic) bond motifs is 1. The third-order valence-electron chi connectivity index (χ3n) is 5.04. The molecule has 1 heterocycles. The van der Waals surface area contributed by atoms with Gasteiger partial charge in [0, 0.05) is 12.6 Å². The molecule has 29 heavy (non-hydrogen) atoms. The SMILES string of the molecule is CCOc1cc2c(cc1OCC)C(C(=O)O)C(c1cccc(OC)c1)N(C)C2=O. The van der Waals surface area contributed by atoms with E-state index in [4.69, 9.17) is 14.2 Å². The second-order valence-corrected chi connectivity index (χ2v) is 6.71. The topological polar surface area (TPSA) is 85.3 Å². The van der Waals surface area contributed by atoms with Crippen LogP contribution in [0.25, 0.3) is 0 Å². The lowest BCUT2D eigenvalue weighted by atomic mass is 9.79. The molecule has 7 nitrogen and oxygen atoms in total. The van der Waals surface area contributed by atoms with E-state index in [2.05, 4.69) is 0 Å². The standard InChI is InChI=1S/C22H25NO6/c1-5-28-17-11-15-16(12-18(17)29-6-2)21(24)23(3)20(19(15)22(25)26)13-8-7-9-14(10-13)27-4/h7-12,19-20H,5-6H2,1-4H3,(H,25,26). The monoisotopic (exact) mass is 399 g/mol. The maximum atomic E-state index is 13.2. The van der Waals surface area contributed by atoms with E-state index in [-0.39, 0.29) is 5.91 Å². The minimum Gasteiger partial charge on any atom is -0.497 e. The number of carbonyl (C=O) groups excluding carboxylic acids is 1. The summed E-state index contributed by atoms with van der Waals surface area (Å²) in [7, 11) is 3.16. The Morgan fingerprint density at radius 3 is 2.34 bits per heavy atom. The van der Waals surface area contributed by atoms with Gasteiger partial charge >= 0.3 is 5.97 Å². The Kier molecular flexibility index (Phi) is 5.96. The van der Waals surface area contributed by atoms with E-state index < -0.39 is 17.9 Å².